The number of benzene rings is 1. The lowest BCUT2D eigenvalue weighted by atomic mass is 10.2. The second-order valence-corrected chi connectivity index (χ2v) is 5.22. The summed E-state index contributed by atoms with van der Waals surface area (Å²) in [5, 5.41) is 3.15. The van der Waals surface area contributed by atoms with Gasteiger partial charge in [-0.05, 0) is 19.8 Å². The van der Waals surface area contributed by atoms with E-state index in [0.717, 1.165) is 15.4 Å². The normalized spacial score (nSPS) is 19.9. The molecule has 0 amide bonds. The minimum absolute atomic E-state index is 0.777. The minimum Gasteiger partial charge on any atom is -0.0822 e. The Bertz CT molecular complexity index is 363. The molecule has 2 rings (SSSR count). The van der Waals surface area contributed by atoms with Crippen LogP contribution in [0, 0.1) is 19.8 Å². The van der Waals surface area contributed by atoms with Gasteiger partial charge in [-0.2, -0.15) is 0 Å². The molecule has 0 fully saturated rings. The Hall–Kier alpha value is -0.823. The van der Waals surface area contributed by atoms with Crippen molar-refractivity contribution in [3.8, 4) is 0 Å². The van der Waals surface area contributed by atoms with Crippen molar-refractivity contribution in [1.29, 1.82) is 0 Å². The number of aryl methyl sites for hydroxylation is 2. The van der Waals surface area contributed by atoms with Gasteiger partial charge in [0, 0.05) is 0 Å². The molecule has 0 spiro atoms. The van der Waals surface area contributed by atoms with Crippen LogP contribution in [0.15, 0.2) is 29.5 Å². The molecule has 0 bridgehead atoms. The van der Waals surface area contributed by atoms with Gasteiger partial charge in [0.2, 0.25) is 0 Å². The number of rotatable bonds is 2. The van der Waals surface area contributed by atoms with E-state index in [0.29, 0.717) is 0 Å². The molecule has 0 saturated heterocycles. The van der Waals surface area contributed by atoms with Crippen molar-refractivity contribution >= 4 is 14.7 Å². The molecule has 1 aliphatic carbocycles. The van der Waals surface area contributed by atoms with Crippen molar-refractivity contribution in [2.24, 2.45) is 5.92 Å². The highest BCUT2D eigenvalue weighted by Crippen LogP contribution is 2.26. The van der Waals surface area contributed by atoms with E-state index in [2.05, 4.69) is 45.0 Å². The lowest BCUT2D eigenvalue weighted by Gasteiger charge is -2.03. The van der Waals surface area contributed by atoms with E-state index >= 15 is 0 Å². The summed E-state index contributed by atoms with van der Waals surface area (Å²) in [7, 11) is 0.909. The molecule has 13 heavy (non-hydrogen) atoms. The number of allylic oxidation sites excluding steroid dienone is 2. The van der Waals surface area contributed by atoms with E-state index in [9.17, 15) is 0 Å². The Morgan fingerprint density at radius 3 is 2.46 bits per heavy atom. The standard InChI is InChI=1S/C12H14Si/c1-8-4-5-11(9(2)6-8)13-12-7-10(12)3/h4-7,10H,1-3H3. The monoisotopic (exact) mass is 186 g/mol. The SMILES string of the molecule is Cc1ccc([Si]C2=CC2C)c(C)c1. The summed E-state index contributed by atoms with van der Waals surface area (Å²) < 4.78 is 0. The summed E-state index contributed by atoms with van der Waals surface area (Å²) in [5.74, 6) is 0.777. The van der Waals surface area contributed by atoms with Gasteiger partial charge in [0.1, 0.15) is 9.52 Å². The first-order chi connectivity index (χ1) is 6.16. The van der Waals surface area contributed by atoms with Gasteiger partial charge in [0.05, 0.1) is 0 Å². The second-order valence-electron chi connectivity index (χ2n) is 3.85. The average Bonchev–Trinajstić information content (AvgIpc) is 2.73. The van der Waals surface area contributed by atoms with E-state index < -0.39 is 0 Å². The molecule has 1 aromatic rings. The molecule has 1 atom stereocenters. The molecular formula is C12H14Si. The second kappa shape index (κ2) is 3.15. The van der Waals surface area contributed by atoms with Crippen LogP contribution in [0.3, 0.4) is 0 Å². The van der Waals surface area contributed by atoms with Crippen molar-refractivity contribution in [2.45, 2.75) is 20.8 Å². The van der Waals surface area contributed by atoms with Crippen LogP contribution < -0.4 is 5.19 Å². The summed E-state index contributed by atoms with van der Waals surface area (Å²) in [6.45, 7) is 6.63. The smallest absolute Gasteiger partial charge is 0.0822 e. The Balaban J connectivity index is 2.16. The number of hydrogen-bond donors (Lipinski definition) is 0. The highest BCUT2D eigenvalue weighted by atomic mass is 28.2. The Morgan fingerprint density at radius 1 is 1.23 bits per heavy atom. The maximum absolute atomic E-state index is 2.36. The molecule has 0 N–H and O–H groups in total. The van der Waals surface area contributed by atoms with Crippen molar-refractivity contribution in [3.63, 3.8) is 0 Å². The van der Waals surface area contributed by atoms with E-state index in [4.69, 9.17) is 0 Å². The molecule has 0 heterocycles. The molecule has 1 aromatic carbocycles. The fourth-order valence-corrected chi connectivity index (χ4v) is 2.79. The predicted octanol–water partition coefficient (Wildman–Crippen LogP) is 2.17. The van der Waals surface area contributed by atoms with E-state index in [1.165, 1.54) is 16.3 Å². The summed E-state index contributed by atoms with van der Waals surface area (Å²) in [6, 6.07) is 6.76. The first kappa shape index (κ1) is 8.76. The van der Waals surface area contributed by atoms with Gasteiger partial charge in [-0.15, -0.1) is 0 Å². The molecule has 0 nitrogen and oxygen atoms in total. The van der Waals surface area contributed by atoms with Crippen molar-refractivity contribution in [1.82, 2.24) is 0 Å². The van der Waals surface area contributed by atoms with Crippen LogP contribution in [0.5, 0.6) is 0 Å². The van der Waals surface area contributed by atoms with Crippen molar-refractivity contribution in [3.05, 3.63) is 40.6 Å². The topological polar surface area (TPSA) is 0 Å². The zero-order valence-electron chi connectivity index (χ0n) is 8.39. The maximum Gasteiger partial charge on any atom is 0.116 e. The summed E-state index contributed by atoms with van der Waals surface area (Å²) in [4.78, 5) is 0. The average molecular weight is 186 g/mol. The van der Waals surface area contributed by atoms with E-state index in [1.807, 2.05) is 0 Å². The molecule has 66 valence electrons. The van der Waals surface area contributed by atoms with Crippen molar-refractivity contribution < 1.29 is 0 Å². The third-order valence-corrected chi connectivity index (χ3v) is 4.21. The lowest BCUT2D eigenvalue weighted by Crippen LogP contribution is -2.17. The quantitative estimate of drug-likeness (QED) is 0.621. The Morgan fingerprint density at radius 2 is 1.92 bits per heavy atom. The van der Waals surface area contributed by atoms with Gasteiger partial charge in [-0.3, -0.25) is 0 Å². The van der Waals surface area contributed by atoms with Gasteiger partial charge in [0.15, 0.2) is 0 Å². The van der Waals surface area contributed by atoms with Crippen LogP contribution >= 0.6 is 0 Å². The molecule has 0 aliphatic heterocycles. The summed E-state index contributed by atoms with van der Waals surface area (Å²) in [5.41, 5.74) is 2.81. The lowest BCUT2D eigenvalue weighted by molar-refractivity contribution is 1.07. The van der Waals surface area contributed by atoms with E-state index in [1.54, 1.807) is 5.20 Å². The fraction of sp³-hybridized carbons (Fsp3) is 0.333. The van der Waals surface area contributed by atoms with Gasteiger partial charge in [0.25, 0.3) is 0 Å². The van der Waals surface area contributed by atoms with Gasteiger partial charge < -0.3 is 0 Å². The van der Waals surface area contributed by atoms with Crippen LogP contribution in [0.25, 0.3) is 0 Å². The van der Waals surface area contributed by atoms with Gasteiger partial charge in [-0.25, -0.2) is 0 Å². The van der Waals surface area contributed by atoms with Gasteiger partial charge >= 0.3 is 0 Å². The van der Waals surface area contributed by atoms with Crippen LogP contribution in [0.4, 0.5) is 0 Å². The summed E-state index contributed by atoms with van der Waals surface area (Å²) >= 11 is 0. The molecule has 0 aromatic heterocycles. The zero-order valence-corrected chi connectivity index (χ0v) is 9.39. The van der Waals surface area contributed by atoms with Gasteiger partial charge in [-0.1, -0.05) is 52.7 Å². The molecule has 1 aliphatic rings. The van der Waals surface area contributed by atoms with Crippen molar-refractivity contribution in [2.75, 3.05) is 0 Å². The first-order valence-corrected chi connectivity index (χ1v) is 5.73. The third kappa shape index (κ3) is 1.91. The molecule has 1 heteroatoms. The predicted molar refractivity (Wildman–Crippen MR) is 58.6 cm³/mol. The molecule has 1 unspecified atom stereocenters. The highest BCUT2D eigenvalue weighted by molar-refractivity contribution is 6.62. The highest BCUT2D eigenvalue weighted by Gasteiger charge is 2.20. The number of hydrogen-bond acceptors (Lipinski definition) is 0. The Kier molecular flexibility index (Phi) is 2.12. The fourth-order valence-electron chi connectivity index (χ4n) is 1.49. The Labute approximate surface area is 82.5 Å². The maximum atomic E-state index is 2.36. The van der Waals surface area contributed by atoms with Crippen LogP contribution in [-0.4, -0.2) is 9.52 Å². The zero-order chi connectivity index (χ0) is 9.42. The molecule has 2 radical (unpaired) electrons. The summed E-state index contributed by atoms with van der Waals surface area (Å²) in [6.07, 6.45) is 2.36. The third-order valence-electron chi connectivity index (χ3n) is 2.47. The first-order valence-electron chi connectivity index (χ1n) is 4.73. The van der Waals surface area contributed by atoms with Crippen LogP contribution in [0.1, 0.15) is 18.1 Å². The molecule has 0 saturated carbocycles. The molecular weight excluding hydrogens is 172 g/mol. The largest absolute Gasteiger partial charge is 0.116 e. The van der Waals surface area contributed by atoms with E-state index in [-0.39, 0.29) is 0 Å². The van der Waals surface area contributed by atoms with Crippen LogP contribution in [0.2, 0.25) is 0 Å². The minimum atomic E-state index is 0.777. The van der Waals surface area contributed by atoms with Crippen LogP contribution in [-0.2, 0) is 0 Å².